The molecule has 21 heavy (non-hydrogen) atoms. The van der Waals surface area contributed by atoms with Crippen molar-refractivity contribution >= 4 is 23.5 Å². The van der Waals surface area contributed by atoms with Crippen LogP contribution in [-0.2, 0) is 4.74 Å². The number of fused-ring (bicyclic) bond motifs is 1. The van der Waals surface area contributed by atoms with Gasteiger partial charge in [-0.2, -0.15) is 0 Å². The van der Waals surface area contributed by atoms with Crippen molar-refractivity contribution in [3.05, 3.63) is 69.3 Å². The number of nitro benzene ring substituents is 1. The maximum Gasteiger partial charge on any atom is 0.344 e. The first kappa shape index (κ1) is 12.9. The molecule has 0 radical (unpaired) electrons. The fourth-order valence-corrected chi connectivity index (χ4v) is 2.07. The number of carbonyl (C=O) groups is 1. The number of esters is 1. The number of ether oxygens (including phenoxy) is 1. The van der Waals surface area contributed by atoms with Crippen LogP contribution in [0, 0.1) is 10.1 Å². The van der Waals surface area contributed by atoms with E-state index in [4.69, 9.17) is 4.74 Å². The quantitative estimate of drug-likeness (QED) is 0.520. The van der Waals surface area contributed by atoms with E-state index in [-0.39, 0.29) is 17.0 Å². The van der Waals surface area contributed by atoms with E-state index in [0.29, 0.717) is 11.3 Å². The van der Waals surface area contributed by atoms with Gasteiger partial charge < -0.3 is 9.84 Å². The van der Waals surface area contributed by atoms with E-state index in [0.717, 1.165) is 5.56 Å². The molecule has 1 heterocycles. The molecule has 1 N–H and O–H groups in total. The highest BCUT2D eigenvalue weighted by Crippen LogP contribution is 2.33. The molecule has 1 aliphatic rings. The molecule has 0 aromatic heterocycles. The zero-order valence-electron chi connectivity index (χ0n) is 10.6. The Labute approximate surface area is 119 Å². The lowest BCUT2D eigenvalue weighted by molar-refractivity contribution is -0.384. The molecule has 0 fully saturated rings. The van der Waals surface area contributed by atoms with Gasteiger partial charge in [-0.3, -0.25) is 10.1 Å². The van der Waals surface area contributed by atoms with Gasteiger partial charge >= 0.3 is 5.97 Å². The summed E-state index contributed by atoms with van der Waals surface area (Å²) in [6.45, 7) is 0. The average Bonchev–Trinajstić information content (AvgIpc) is 2.77. The second-order valence-corrected chi connectivity index (χ2v) is 4.48. The summed E-state index contributed by atoms with van der Waals surface area (Å²) in [5, 5.41) is 20.0. The van der Waals surface area contributed by atoms with Crippen LogP contribution in [0.5, 0.6) is 5.75 Å². The van der Waals surface area contributed by atoms with Crippen LogP contribution in [0.2, 0.25) is 0 Å². The van der Waals surface area contributed by atoms with E-state index < -0.39 is 10.9 Å². The number of carbonyl (C=O) groups excluding carboxylic acids is 1. The smallest absolute Gasteiger partial charge is 0.344 e. The van der Waals surface area contributed by atoms with Crippen LogP contribution in [0.3, 0.4) is 0 Å². The largest absolute Gasteiger partial charge is 0.508 e. The van der Waals surface area contributed by atoms with E-state index >= 15 is 0 Å². The van der Waals surface area contributed by atoms with E-state index in [2.05, 4.69) is 0 Å². The molecule has 104 valence electrons. The molecule has 0 atom stereocenters. The summed E-state index contributed by atoms with van der Waals surface area (Å²) in [5.41, 5.74) is 1.27. The van der Waals surface area contributed by atoms with Gasteiger partial charge in [0.25, 0.3) is 5.69 Å². The Kier molecular flexibility index (Phi) is 2.91. The van der Waals surface area contributed by atoms with E-state index in [1.165, 1.54) is 30.3 Å². The minimum Gasteiger partial charge on any atom is -0.508 e. The normalized spacial score (nSPS) is 14.9. The van der Waals surface area contributed by atoms with E-state index in [9.17, 15) is 20.0 Å². The predicted molar refractivity (Wildman–Crippen MR) is 74.5 cm³/mol. The predicted octanol–water partition coefficient (Wildman–Crippen LogP) is 2.97. The molecule has 0 unspecified atom stereocenters. The standard InChI is InChI=1S/C15H9NO5/c17-11-4-1-9(2-5-11)7-14-12-6-3-10(16(19)20)8-13(12)15(18)21-14/h1-8,17H. The number of rotatable bonds is 2. The van der Waals surface area contributed by atoms with E-state index in [1.54, 1.807) is 18.2 Å². The summed E-state index contributed by atoms with van der Waals surface area (Å²) in [6, 6.07) is 10.4. The monoisotopic (exact) mass is 283 g/mol. The molecule has 0 amide bonds. The number of non-ortho nitro benzene ring substituents is 1. The van der Waals surface area contributed by atoms with Crippen molar-refractivity contribution < 1.29 is 19.6 Å². The molecule has 1 aliphatic heterocycles. The summed E-state index contributed by atoms with van der Waals surface area (Å²) >= 11 is 0. The van der Waals surface area contributed by atoms with Gasteiger partial charge in [-0.15, -0.1) is 0 Å². The van der Waals surface area contributed by atoms with Crippen LogP contribution in [0.1, 0.15) is 21.5 Å². The number of nitrogens with zero attached hydrogens (tertiary/aromatic N) is 1. The number of cyclic esters (lactones) is 1. The summed E-state index contributed by atoms with van der Waals surface area (Å²) in [7, 11) is 0. The third-order valence-electron chi connectivity index (χ3n) is 3.09. The first-order valence-corrected chi connectivity index (χ1v) is 6.06. The van der Waals surface area contributed by atoms with Crippen molar-refractivity contribution in [2.45, 2.75) is 0 Å². The van der Waals surface area contributed by atoms with Gasteiger partial charge in [-0.25, -0.2) is 4.79 Å². The van der Waals surface area contributed by atoms with Gasteiger partial charge in [0.05, 0.1) is 10.5 Å². The SMILES string of the molecule is O=C1OC(=Cc2ccc(O)cc2)c2ccc([N+](=O)[O-])cc21. The maximum absolute atomic E-state index is 11.8. The second-order valence-electron chi connectivity index (χ2n) is 4.48. The molecule has 6 nitrogen and oxygen atoms in total. The molecule has 3 rings (SSSR count). The topological polar surface area (TPSA) is 89.7 Å². The van der Waals surface area contributed by atoms with Crippen molar-refractivity contribution in [3.8, 4) is 5.75 Å². The van der Waals surface area contributed by atoms with Crippen LogP contribution in [0.15, 0.2) is 42.5 Å². The summed E-state index contributed by atoms with van der Waals surface area (Å²) in [4.78, 5) is 21.9. The minimum atomic E-state index is -0.612. The number of phenols is 1. The lowest BCUT2D eigenvalue weighted by Crippen LogP contribution is -1.95. The van der Waals surface area contributed by atoms with Crippen molar-refractivity contribution in [2.24, 2.45) is 0 Å². The van der Waals surface area contributed by atoms with Gasteiger partial charge in [0, 0.05) is 17.7 Å². The van der Waals surface area contributed by atoms with Crippen LogP contribution >= 0.6 is 0 Å². The zero-order valence-corrected chi connectivity index (χ0v) is 10.6. The lowest BCUT2D eigenvalue weighted by atomic mass is 10.1. The van der Waals surface area contributed by atoms with Gasteiger partial charge in [0.15, 0.2) is 0 Å². The van der Waals surface area contributed by atoms with Gasteiger partial charge in [0.2, 0.25) is 0 Å². The first-order valence-electron chi connectivity index (χ1n) is 6.06. The zero-order chi connectivity index (χ0) is 15.0. The highest BCUT2D eigenvalue weighted by Gasteiger charge is 2.28. The van der Waals surface area contributed by atoms with Crippen molar-refractivity contribution in [1.82, 2.24) is 0 Å². The Morgan fingerprint density at radius 1 is 1.10 bits per heavy atom. The molecule has 2 aromatic carbocycles. The molecule has 0 bridgehead atoms. The third kappa shape index (κ3) is 2.34. The Morgan fingerprint density at radius 2 is 1.81 bits per heavy atom. The van der Waals surface area contributed by atoms with Crippen molar-refractivity contribution in [1.29, 1.82) is 0 Å². The molecular weight excluding hydrogens is 274 g/mol. The fourth-order valence-electron chi connectivity index (χ4n) is 2.07. The molecular formula is C15H9NO5. The maximum atomic E-state index is 11.8. The fraction of sp³-hybridized carbons (Fsp3) is 0. The number of phenolic OH excluding ortho intramolecular Hbond substituents is 1. The molecule has 2 aromatic rings. The Balaban J connectivity index is 2.04. The van der Waals surface area contributed by atoms with Crippen LogP contribution in [-0.4, -0.2) is 16.0 Å². The first-order chi connectivity index (χ1) is 10.0. The van der Waals surface area contributed by atoms with E-state index in [1.807, 2.05) is 0 Å². The van der Waals surface area contributed by atoms with Crippen molar-refractivity contribution in [2.75, 3.05) is 0 Å². The molecule has 0 saturated heterocycles. The number of hydrogen-bond acceptors (Lipinski definition) is 5. The molecule has 0 spiro atoms. The number of hydrogen-bond donors (Lipinski definition) is 1. The summed E-state index contributed by atoms with van der Waals surface area (Å²) < 4.78 is 5.14. The average molecular weight is 283 g/mol. The Morgan fingerprint density at radius 3 is 2.48 bits per heavy atom. The van der Waals surface area contributed by atoms with Crippen LogP contribution < -0.4 is 0 Å². The van der Waals surface area contributed by atoms with Gasteiger partial charge in [-0.1, -0.05) is 12.1 Å². The van der Waals surface area contributed by atoms with Crippen LogP contribution in [0.4, 0.5) is 5.69 Å². The molecule has 0 aliphatic carbocycles. The minimum absolute atomic E-state index is 0.136. The Bertz CT molecular complexity index is 777. The highest BCUT2D eigenvalue weighted by atomic mass is 16.6. The number of nitro groups is 1. The van der Waals surface area contributed by atoms with Crippen LogP contribution in [0.25, 0.3) is 11.8 Å². The van der Waals surface area contributed by atoms with Crippen molar-refractivity contribution in [3.63, 3.8) is 0 Å². The molecule has 0 saturated carbocycles. The third-order valence-corrected chi connectivity index (χ3v) is 3.09. The van der Waals surface area contributed by atoms with Gasteiger partial charge in [0.1, 0.15) is 11.5 Å². The molecule has 6 heteroatoms. The summed E-state index contributed by atoms with van der Waals surface area (Å²) in [6.07, 6.45) is 1.63. The highest BCUT2D eigenvalue weighted by molar-refractivity contribution is 6.06. The summed E-state index contributed by atoms with van der Waals surface area (Å²) in [5.74, 6) is -0.147. The second kappa shape index (κ2) is 4.75. The number of benzene rings is 2. The van der Waals surface area contributed by atoms with Gasteiger partial charge in [-0.05, 0) is 29.8 Å². The Hall–Kier alpha value is -3.15. The number of aromatic hydroxyl groups is 1. The lowest BCUT2D eigenvalue weighted by Gasteiger charge is -1.99.